The van der Waals surface area contributed by atoms with E-state index in [1.807, 2.05) is 36.2 Å². The van der Waals surface area contributed by atoms with Crippen molar-refractivity contribution >= 4 is 11.7 Å². The van der Waals surface area contributed by atoms with Gasteiger partial charge in [0.15, 0.2) is 0 Å². The maximum absolute atomic E-state index is 12.4. The van der Waals surface area contributed by atoms with Crippen LogP contribution in [0.3, 0.4) is 0 Å². The Kier molecular flexibility index (Phi) is 5.27. The van der Waals surface area contributed by atoms with E-state index in [1.165, 1.54) is 25.7 Å². The molecule has 2 amide bonds. The van der Waals surface area contributed by atoms with Crippen molar-refractivity contribution in [2.45, 2.75) is 44.6 Å². The molecule has 1 fully saturated rings. The molecule has 2 rings (SSSR count). The topological polar surface area (TPSA) is 41.6 Å². The molecule has 0 unspecified atom stereocenters. The number of methoxy groups -OCH3 is 1. The number of urea groups is 1. The van der Waals surface area contributed by atoms with E-state index in [-0.39, 0.29) is 6.03 Å². The van der Waals surface area contributed by atoms with Gasteiger partial charge in [-0.25, -0.2) is 4.79 Å². The lowest BCUT2D eigenvalue weighted by Crippen LogP contribution is -2.39. The first-order valence-electron chi connectivity index (χ1n) is 7.39. The molecule has 1 saturated carbocycles. The summed E-state index contributed by atoms with van der Waals surface area (Å²) in [7, 11) is 3.50. The molecule has 4 heteroatoms. The Morgan fingerprint density at radius 3 is 2.50 bits per heavy atom. The second-order valence-electron chi connectivity index (χ2n) is 5.39. The predicted octanol–water partition coefficient (Wildman–Crippen LogP) is 3.88. The summed E-state index contributed by atoms with van der Waals surface area (Å²) < 4.78 is 5.26. The number of anilines is 1. The first-order valence-corrected chi connectivity index (χ1v) is 7.39. The predicted molar refractivity (Wildman–Crippen MR) is 81.3 cm³/mol. The van der Waals surface area contributed by atoms with Crippen LogP contribution in [-0.4, -0.2) is 31.1 Å². The fourth-order valence-corrected chi connectivity index (χ4v) is 2.76. The number of hydrogen-bond donors (Lipinski definition) is 1. The molecular formula is C16H24N2O2. The number of carbonyl (C=O) groups excluding carboxylic acids is 1. The summed E-state index contributed by atoms with van der Waals surface area (Å²) in [6.07, 6.45) is 7.23. The molecule has 110 valence electrons. The zero-order valence-corrected chi connectivity index (χ0v) is 12.4. The Morgan fingerprint density at radius 2 is 1.85 bits per heavy atom. The summed E-state index contributed by atoms with van der Waals surface area (Å²) in [5.41, 5.74) is 0.723. The van der Waals surface area contributed by atoms with Gasteiger partial charge in [-0.15, -0.1) is 0 Å². The van der Waals surface area contributed by atoms with E-state index in [9.17, 15) is 4.79 Å². The molecule has 1 N–H and O–H groups in total. The average Bonchev–Trinajstić information content (AvgIpc) is 2.76. The third-order valence-electron chi connectivity index (χ3n) is 4.04. The van der Waals surface area contributed by atoms with Crippen molar-refractivity contribution in [3.63, 3.8) is 0 Å². The molecule has 1 aromatic rings. The zero-order chi connectivity index (χ0) is 14.4. The van der Waals surface area contributed by atoms with Gasteiger partial charge in [0.1, 0.15) is 5.75 Å². The number of rotatable bonds is 3. The second kappa shape index (κ2) is 7.17. The standard InChI is InChI=1S/C16H24N2O2/c1-18(13-9-5-3-4-6-10-13)16(19)17-14-11-7-8-12-15(14)20-2/h7-8,11-13H,3-6,9-10H2,1-2H3,(H,17,19). The van der Waals surface area contributed by atoms with E-state index < -0.39 is 0 Å². The van der Waals surface area contributed by atoms with Crippen LogP contribution in [0, 0.1) is 0 Å². The maximum atomic E-state index is 12.4. The van der Waals surface area contributed by atoms with Gasteiger partial charge in [-0.2, -0.15) is 0 Å². The van der Waals surface area contributed by atoms with E-state index in [0.29, 0.717) is 11.8 Å². The molecule has 4 nitrogen and oxygen atoms in total. The number of para-hydroxylation sites is 2. The Labute approximate surface area is 121 Å². The van der Waals surface area contributed by atoms with E-state index >= 15 is 0 Å². The molecule has 1 aliphatic rings. The van der Waals surface area contributed by atoms with Crippen molar-refractivity contribution in [1.82, 2.24) is 4.90 Å². The summed E-state index contributed by atoms with van der Waals surface area (Å²) in [5, 5.41) is 2.94. The first-order chi connectivity index (χ1) is 9.72. The van der Waals surface area contributed by atoms with Gasteiger partial charge >= 0.3 is 6.03 Å². The fourth-order valence-electron chi connectivity index (χ4n) is 2.76. The molecule has 0 atom stereocenters. The minimum Gasteiger partial charge on any atom is -0.495 e. The molecule has 0 aliphatic heterocycles. The molecule has 0 heterocycles. The van der Waals surface area contributed by atoms with Crippen LogP contribution in [-0.2, 0) is 0 Å². The SMILES string of the molecule is COc1ccccc1NC(=O)N(C)C1CCCCCC1. The van der Waals surface area contributed by atoms with Crippen LogP contribution in [0.15, 0.2) is 24.3 Å². The lowest BCUT2D eigenvalue weighted by atomic mass is 10.1. The highest BCUT2D eigenvalue weighted by Crippen LogP contribution is 2.25. The summed E-state index contributed by atoms with van der Waals surface area (Å²) in [6.45, 7) is 0. The van der Waals surface area contributed by atoms with Gasteiger partial charge < -0.3 is 15.0 Å². The highest BCUT2D eigenvalue weighted by molar-refractivity contribution is 5.91. The van der Waals surface area contributed by atoms with Crippen molar-refractivity contribution in [3.8, 4) is 5.75 Å². The molecule has 0 radical (unpaired) electrons. The van der Waals surface area contributed by atoms with Crippen LogP contribution in [0.5, 0.6) is 5.75 Å². The highest BCUT2D eigenvalue weighted by atomic mass is 16.5. The quantitative estimate of drug-likeness (QED) is 0.851. The Morgan fingerprint density at radius 1 is 1.20 bits per heavy atom. The number of nitrogens with one attached hydrogen (secondary N) is 1. The number of carbonyl (C=O) groups is 1. The minimum absolute atomic E-state index is 0.0543. The maximum Gasteiger partial charge on any atom is 0.321 e. The van der Waals surface area contributed by atoms with Crippen LogP contribution in [0.2, 0.25) is 0 Å². The molecule has 20 heavy (non-hydrogen) atoms. The van der Waals surface area contributed by atoms with E-state index in [4.69, 9.17) is 4.74 Å². The molecule has 0 bridgehead atoms. The number of ether oxygens (including phenoxy) is 1. The highest BCUT2D eigenvalue weighted by Gasteiger charge is 2.21. The third-order valence-corrected chi connectivity index (χ3v) is 4.04. The van der Waals surface area contributed by atoms with Gasteiger partial charge in [0.2, 0.25) is 0 Å². The van der Waals surface area contributed by atoms with E-state index in [0.717, 1.165) is 18.5 Å². The van der Waals surface area contributed by atoms with Crippen LogP contribution >= 0.6 is 0 Å². The van der Waals surface area contributed by atoms with Gasteiger partial charge in [-0.1, -0.05) is 37.8 Å². The summed E-state index contributed by atoms with van der Waals surface area (Å²) in [5.74, 6) is 0.690. The Hall–Kier alpha value is -1.71. The molecular weight excluding hydrogens is 252 g/mol. The van der Waals surface area contributed by atoms with Gasteiger partial charge in [-0.05, 0) is 25.0 Å². The smallest absolute Gasteiger partial charge is 0.321 e. The van der Waals surface area contributed by atoms with Crippen LogP contribution in [0.4, 0.5) is 10.5 Å². The van der Waals surface area contributed by atoms with Gasteiger partial charge in [-0.3, -0.25) is 0 Å². The lowest BCUT2D eigenvalue weighted by Gasteiger charge is -2.27. The summed E-state index contributed by atoms with van der Waals surface area (Å²) in [6, 6.07) is 7.79. The summed E-state index contributed by atoms with van der Waals surface area (Å²) in [4.78, 5) is 14.2. The Bertz CT molecular complexity index is 440. The minimum atomic E-state index is -0.0543. The van der Waals surface area contributed by atoms with Crippen molar-refractivity contribution in [2.24, 2.45) is 0 Å². The van der Waals surface area contributed by atoms with Crippen molar-refractivity contribution in [3.05, 3.63) is 24.3 Å². The van der Waals surface area contributed by atoms with Crippen molar-refractivity contribution in [2.75, 3.05) is 19.5 Å². The van der Waals surface area contributed by atoms with E-state index in [1.54, 1.807) is 7.11 Å². The number of benzene rings is 1. The monoisotopic (exact) mass is 276 g/mol. The average molecular weight is 276 g/mol. The van der Waals surface area contributed by atoms with Gasteiger partial charge in [0.05, 0.1) is 12.8 Å². The number of hydrogen-bond acceptors (Lipinski definition) is 2. The number of nitrogens with zero attached hydrogens (tertiary/aromatic N) is 1. The molecule has 0 spiro atoms. The zero-order valence-electron chi connectivity index (χ0n) is 12.4. The second-order valence-corrected chi connectivity index (χ2v) is 5.39. The normalized spacial score (nSPS) is 16.3. The lowest BCUT2D eigenvalue weighted by molar-refractivity contribution is 0.197. The van der Waals surface area contributed by atoms with Crippen LogP contribution in [0.25, 0.3) is 0 Å². The van der Waals surface area contributed by atoms with Crippen molar-refractivity contribution in [1.29, 1.82) is 0 Å². The Balaban J connectivity index is 1.99. The number of amides is 2. The third kappa shape index (κ3) is 3.65. The fraction of sp³-hybridized carbons (Fsp3) is 0.562. The van der Waals surface area contributed by atoms with Crippen LogP contribution < -0.4 is 10.1 Å². The first kappa shape index (κ1) is 14.7. The molecule has 0 aromatic heterocycles. The van der Waals surface area contributed by atoms with Gasteiger partial charge in [0.25, 0.3) is 0 Å². The summed E-state index contributed by atoms with van der Waals surface area (Å²) >= 11 is 0. The van der Waals surface area contributed by atoms with Crippen LogP contribution in [0.1, 0.15) is 38.5 Å². The van der Waals surface area contributed by atoms with Crippen molar-refractivity contribution < 1.29 is 9.53 Å². The molecule has 0 saturated heterocycles. The molecule has 1 aliphatic carbocycles. The van der Waals surface area contributed by atoms with E-state index in [2.05, 4.69) is 5.32 Å². The molecule has 1 aromatic carbocycles. The largest absolute Gasteiger partial charge is 0.495 e. The van der Waals surface area contributed by atoms with Gasteiger partial charge in [0, 0.05) is 13.1 Å².